The number of pyridine rings is 1. The number of hydrazine groups is 1. The van der Waals surface area contributed by atoms with Crippen LogP contribution in [0.15, 0.2) is 51.6 Å². The molecular formula is C24H24Cl3N9O6. The lowest BCUT2D eigenvalue weighted by Gasteiger charge is -2.24. The number of allylic oxidation sites excluding steroid dienone is 2. The van der Waals surface area contributed by atoms with Crippen LogP contribution in [0.25, 0.3) is 5.82 Å². The van der Waals surface area contributed by atoms with E-state index in [0.29, 0.717) is 0 Å². The van der Waals surface area contributed by atoms with Gasteiger partial charge in [0, 0.05) is 25.9 Å². The Bertz CT molecular complexity index is 1680. The summed E-state index contributed by atoms with van der Waals surface area (Å²) in [5, 5.41) is 11.5. The predicted molar refractivity (Wildman–Crippen MR) is 150 cm³/mol. The summed E-state index contributed by atoms with van der Waals surface area (Å²) < 4.78 is 13.2. The highest BCUT2D eigenvalue weighted by atomic mass is 35.5. The van der Waals surface area contributed by atoms with Crippen LogP contribution in [-0.4, -0.2) is 78.7 Å². The first-order valence-electron chi connectivity index (χ1n) is 12.0. The molecule has 1 aliphatic carbocycles. The standard InChI is InChI=1S/C24H24Cl3N9O6/c1-33-22(41-3)32-35(23(33)39)11-13-10-17(36(30-13)19-15(26)6-5-7-28-19)21(38)29-18-14(8-12(25)9-16(18)27)20(37)31-34(2)24(40)42-4/h5-7,9-10,12H,8,11H2,1-4H3,(H,29,38)(H,31,37). The lowest BCUT2D eigenvalue weighted by molar-refractivity contribution is -0.121. The fourth-order valence-electron chi connectivity index (χ4n) is 3.93. The highest BCUT2D eigenvalue weighted by Crippen LogP contribution is 2.30. The van der Waals surface area contributed by atoms with Gasteiger partial charge in [-0.3, -0.25) is 15.0 Å². The molecule has 1 atom stereocenters. The third-order valence-corrected chi connectivity index (χ3v) is 6.82. The largest absolute Gasteiger partial charge is 0.467 e. The number of hydrogen-bond donors (Lipinski definition) is 2. The summed E-state index contributed by atoms with van der Waals surface area (Å²) in [7, 11) is 5.30. The second-order valence-electron chi connectivity index (χ2n) is 8.74. The first-order chi connectivity index (χ1) is 19.9. The lowest BCUT2D eigenvalue weighted by atomic mass is 10.0. The van der Waals surface area contributed by atoms with E-state index in [1.54, 1.807) is 12.1 Å². The average Bonchev–Trinajstić information content (AvgIpc) is 3.50. The van der Waals surface area contributed by atoms with E-state index in [-0.39, 0.29) is 57.5 Å². The Morgan fingerprint density at radius 2 is 1.93 bits per heavy atom. The Hall–Kier alpha value is -4.34. The van der Waals surface area contributed by atoms with Crippen molar-refractivity contribution in [3.05, 3.63) is 73.7 Å². The minimum absolute atomic E-state index is 0.000827. The zero-order valence-corrected chi connectivity index (χ0v) is 24.9. The van der Waals surface area contributed by atoms with Gasteiger partial charge in [0.2, 0.25) is 0 Å². The van der Waals surface area contributed by atoms with Crippen molar-refractivity contribution < 1.29 is 23.9 Å². The van der Waals surface area contributed by atoms with E-state index in [1.165, 1.54) is 48.8 Å². The van der Waals surface area contributed by atoms with Gasteiger partial charge in [0.25, 0.3) is 11.8 Å². The van der Waals surface area contributed by atoms with Crippen molar-refractivity contribution >= 4 is 52.7 Å². The molecule has 3 aromatic heterocycles. The molecule has 0 fully saturated rings. The van der Waals surface area contributed by atoms with Crippen LogP contribution in [0.5, 0.6) is 6.01 Å². The Kier molecular flexibility index (Phi) is 9.23. The van der Waals surface area contributed by atoms with E-state index in [0.717, 1.165) is 16.8 Å². The van der Waals surface area contributed by atoms with Crippen molar-refractivity contribution in [2.75, 3.05) is 21.3 Å². The molecule has 1 aliphatic rings. The van der Waals surface area contributed by atoms with E-state index >= 15 is 0 Å². The summed E-state index contributed by atoms with van der Waals surface area (Å²) in [6.45, 7) is -0.126. The molecular weight excluding hydrogens is 617 g/mol. The number of methoxy groups -OCH3 is 2. The van der Waals surface area contributed by atoms with Crippen LogP contribution in [0, 0.1) is 0 Å². The van der Waals surface area contributed by atoms with Gasteiger partial charge in [0.1, 0.15) is 5.69 Å². The van der Waals surface area contributed by atoms with Crippen molar-refractivity contribution in [3.8, 4) is 11.8 Å². The van der Waals surface area contributed by atoms with E-state index in [2.05, 4.69) is 30.7 Å². The summed E-state index contributed by atoms with van der Waals surface area (Å²) in [5.41, 5.74) is 2.03. The second-order valence-corrected chi connectivity index (χ2v) is 10.1. The number of carbonyl (C=O) groups excluding carboxylic acids is 3. The van der Waals surface area contributed by atoms with Gasteiger partial charge in [-0.25, -0.2) is 33.5 Å². The van der Waals surface area contributed by atoms with Gasteiger partial charge < -0.3 is 14.8 Å². The van der Waals surface area contributed by atoms with Gasteiger partial charge >= 0.3 is 17.8 Å². The van der Waals surface area contributed by atoms with Gasteiger partial charge in [-0.1, -0.05) is 23.2 Å². The van der Waals surface area contributed by atoms with E-state index in [4.69, 9.17) is 39.5 Å². The molecule has 42 heavy (non-hydrogen) atoms. The van der Waals surface area contributed by atoms with Crippen molar-refractivity contribution in [1.29, 1.82) is 0 Å². The first-order valence-corrected chi connectivity index (χ1v) is 13.2. The van der Waals surface area contributed by atoms with Crippen LogP contribution in [0.2, 0.25) is 5.02 Å². The van der Waals surface area contributed by atoms with Gasteiger partial charge in [-0.2, -0.15) is 5.10 Å². The molecule has 18 heteroatoms. The maximum Gasteiger partial charge on any atom is 0.428 e. The molecule has 222 valence electrons. The molecule has 3 aromatic rings. The highest BCUT2D eigenvalue weighted by molar-refractivity contribution is 6.34. The van der Waals surface area contributed by atoms with Gasteiger partial charge in [-0.15, -0.1) is 16.7 Å². The average molecular weight is 641 g/mol. The number of hydrogen-bond acceptors (Lipinski definition) is 9. The fraction of sp³-hybridized carbons (Fsp3) is 0.292. The number of alkyl halides is 1. The summed E-state index contributed by atoms with van der Waals surface area (Å²) in [6, 6.07) is 4.65. The zero-order chi connectivity index (χ0) is 30.7. The molecule has 1 unspecified atom stereocenters. The Labute approximate surface area is 253 Å². The molecule has 2 N–H and O–H groups in total. The molecule has 0 radical (unpaired) electrons. The molecule has 0 saturated carbocycles. The third-order valence-electron chi connectivity index (χ3n) is 5.92. The third kappa shape index (κ3) is 6.27. The van der Waals surface area contributed by atoms with Crippen LogP contribution >= 0.6 is 34.8 Å². The molecule has 15 nitrogen and oxygen atoms in total. The molecule has 0 spiro atoms. The molecule has 0 aliphatic heterocycles. The van der Waals surface area contributed by atoms with Crippen LogP contribution in [0.3, 0.4) is 0 Å². The maximum absolute atomic E-state index is 13.7. The summed E-state index contributed by atoms with van der Waals surface area (Å²) in [6.07, 6.45) is 2.07. The monoisotopic (exact) mass is 639 g/mol. The number of rotatable bonds is 7. The fourth-order valence-corrected chi connectivity index (χ4v) is 4.79. The number of aromatic nitrogens is 6. The summed E-state index contributed by atoms with van der Waals surface area (Å²) in [5.74, 6) is -1.37. The predicted octanol–water partition coefficient (Wildman–Crippen LogP) is 1.72. The van der Waals surface area contributed by atoms with Crippen LogP contribution in [0.4, 0.5) is 4.79 Å². The van der Waals surface area contributed by atoms with Crippen LogP contribution < -0.4 is 21.2 Å². The second kappa shape index (κ2) is 12.7. The Morgan fingerprint density at radius 1 is 1.19 bits per heavy atom. The molecule has 3 heterocycles. The minimum atomic E-state index is -0.831. The summed E-state index contributed by atoms with van der Waals surface area (Å²) in [4.78, 5) is 55.4. The number of nitrogens with one attached hydrogen (secondary N) is 2. The van der Waals surface area contributed by atoms with Gasteiger partial charge in [0.15, 0.2) is 5.82 Å². The van der Waals surface area contributed by atoms with Gasteiger partial charge in [0.05, 0.1) is 47.6 Å². The smallest absolute Gasteiger partial charge is 0.428 e. The summed E-state index contributed by atoms with van der Waals surface area (Å²) >= 11 is 19.0. The molecule has 0 aromatic carbocycles. The number of ether oxygens (including phenoxy) is 2. The Balaban J connectivity index is 1.74. The van der Waals surface area contributed by atoms with Crippen molar-refractivity contribution in [2.24, 2.45) is 7.05 Å². The SMILES string of the molecule is COC(=O)N(C)NC(=O)C1=C(NC(=O)c2cc(Cn3nc(OC)n(C)c3=O)nn2-c2ncccc2Cl)C(Cl)=CC(Cl)C1. The highest BCUT2D eigenvalue weighted by Gasteiger charge is 2.29. The Morgan fingerprint density at radius 3 is 2.57 bits per heavy atom. The normalized spacial score (nSPS) is 14.7. The lowest BCUT2D eigenvalue weighted by Crippen LogP contribution is -2.45. The quantitative estimate of drug-likeness (QED) is 0.289. The molecule has 0 bridgehead atoms. The zero-order valence-electron chi connectivity index (χ0n) is 22.6. The number of amides is 3. The number of halogens is 3. The first kappa shape index (κ1) is 30.6. The van der Waals surface area contributed by atoms with Gasteiger partial charge in [-0.05, 0) is 30.7 Å². The van der Waals surface area contributed by atoms with E-state index < -0.39 is 29.0 Å². The number of nitrogens with zero attached hydrogens (tertiary/aromatic N) is 7. The van der Waals surface area contributed by atoms with Crippen molar-refractivity contribution in [1.82, 2.24) is 44.9 Å². The van der Waals surface area contributed by atoms with Crippen LogP contribution in [0.1, 0.15) is 22.6 Å². The molecule has 0 saturated heterocycles. The minimum Gasteiger partial charge on any atom is -0.467 e. The molecule has 3 amide bonds. The van der Waals surface area contributed by atoms with Crippen molar-refractivity contribution in [2.45, 2.75) is 18.3 Å². The van der Waals surface area contributed by atoms with E-state index in [9.17, 15) is 19.2 Å². The van der Waals surface area contributed by atoms with Crippen molar-refractivity contribution in [3.63, 3.8) is 0 Å². The van der Waals surface area contributed by atoms with E-state index in [1.807, 2.05) is 0 Å². The molecule has 4 rings (SSSR count). The maximum atomic E-state index is 13.7. The number of carbonyl (C=O) groups is 3. The topological polar surface area (TPSA) is 168 Å². The van der Waals surface area contributed by atoms with Crippen LogP contribution in [-0.2, 0) is 23.1 Å².